The van der Waals surface area contributed by atoms with Gasteiger partial charge in [-0.25, -0.2) is 0 Å². The monoisotopic (exact) mass is 231 g/mol. The first kappa shape index (κ1) is 12.8. The molecule has 0 aromatic carbocycles. The molecule has 88 valence electrons. The van der Waals surface area contributed by atoms with Crippen LogP contribution in [0, 0.1) is 5.92 Å². The third kappa shape index (κ3) is 4.03. The van der Waals surface area contributed by atoms with Gasteiger partial charge in [0.2, 0.25) is 0 Å². The summed E-state index contributed by atoms with van der Waals surface area (Å²) in [4.78, 5) is 11.5. The summed E-state index contributed by atoms with van der Waals surface area (Å²) in [5.41, 5.74) is 0. The van der Waals surface area contributed by atoms with Crippen LogP contribution < -0.4 is 5.32 Å². The number of hydrogen-bond donors (Lipinski definition) is 1. The molecule has 0 spiro atoms. The molecule has 15 heavy (non-hydrogen) atoms. The van der Waals surface area contributed by atoms with Gasteiger partial charge in [-0.3, -0.25) is 4.79 Å². The summed E-state index contributed by atoms with van der Waals surface area (Å²) in [5.74, 6) is 2.51. The highest BCUT2D eigenvalue weighted by Crippen LogP contribution is 2.18. The summed E-state index contributed by atoms with van der Waals surface area (Å²) in [6.45, 7) is 4.09. The fraction of sp³-hybridized carbons (Fsp3) is 0.909. The predicted molar refractivity (Wildman–Crippen MR) is 64.1 cm³/mol. The first-order valence-corrected chi connectivity index (χ1v) is 6.72. The molecule has 2 atom stereocenters. The number of rotatable bonds is 4. The van der Waals surface area contributed by atoms with Gasteiger partial charge in [-0.1, -0.05) is 13.8 Å². The van der Waals surface area contributed by atoms with Gasteiger partial charge in [-0.2, -0.15) is 11.8 Å². The van der Waals surface area contributed by atoms with Crippen molar-refractivity contribution in [3.05, 3.63) is 0 Å². The quantitative estimate of drug-likeness (QED) is 0.747. The average Bonchev–Trinajstić information content (AvgIpc) is 2.26. The molecule has 1 aliphatic rings. The zero-order valence-electron chi connectivity index (χ0n) is 9.79. The maximum Gasteiger partial charge on any atom is 0.323 e. The highest BCUT2D eigenvalue weighted by atomic mass is 32.2. The van der Waals surface area contributed by atoms with E-state index >= 15 is 0 Å². The topological polar surface area (TPSA) is 38.3 Å². The molecule has 0 aliphatic carbocycles. The van der Waals surface area contributed by atoms with Crippen molar-refractivity contribution in [2.24, 2.45) is 5.92 Å². The van der Waals surface area contributed by atoms with Crippen molar-refractivity contribution in [1.82, 2.24) is 5.32 Å². The fourth-order valence-electron chi connectivity index (χ4n) is 1.79. The van der Waals surface area contributed by atoms with Gasteiger partial charge in [0.1, 0.15) is 6.04 Å². The number of methoxy groups -OCH3 is 1. The third-order valence-corrected chi connectivity index (χ3v) is 3.91. The number of nitrogens with one attached hydrogen (secondary N) is 1. The smallest absolute Gasteiger partial charge is 0.323 e. The van der Waals surface area contributed by atoms with Crippen LogP contribution in [0.2, 0.25) is 0 Å². The van der Waals surface area contributed by atoms with Crippen molar-refractivity contribution < 1.29 is 9.53 Å². The molecule has 4 heteroatoms. The fourth-order valence-corrected chi connectivity index (χ4v) is 2.87. The van der Waals surface area contributed by atoms with Crippen LogP contribution in [0.3, 0.4) is 0 Å². The molecule has 0 aromatic heterocycles. The molecule has 0 bridgehead atoms. The van der Waals surface area contributed by atoms with Gasteiger partial charge in [0, 0.05) is 11.8 Å². The van der Waals surface area contributed by atoms with E-state index in [0.29, 0.717) is 6.04 Å². The van der Waals surface area contributed by atoms with Crippen molar-refractivity contribution >= 4 is 17.7 Å². The molecule has 0 aromatic rings. The lowest BCUT2D eigenvalue weighted by molar-refractivity contribution is -0.144. The molecule has 1 fully saturated rings. The predicted octanol–water partition coefficient (Wildman–Crippen LogP) is 1.67. The van der Waals surface area contributed by atoms with E-state index in [0.717, 1.165) is 5.75 Å². The number of thioether (sulfide) groups is 1. The Kier molecular flexibility index (Phi) is 5.47. The Bertz CT molecular complexity index is 203. The van der Waals surface area contributed by atoms with Crippen LogP contribution in [0.4, 0.5) is 0 Å². The lowest BCUT2D eigenvalue weighted by Crippen LogP contribution is -2.48. The molecule has 0 radical (unpaired) electrons. The van der Waals surface area contributed by atoms with E-state index in [1.807, 2.05) is 25.6 Å². The van der Waals surface area contributed by atoms with E-state index in [-0.39, 0.29) is 17.9 Å². The molecule has 2 unspecified atom stereocenters. The van der Waals surface area contributed by atoms with E-state index in [4.69, 9.17) is 4.74 Å². The molecule has 0 saturated carbocycles. The van der Waals surface area contributed by atoms with E-state index in [9.17, 15) is 4.79 Å². The van der Waals surface area contributed by atoms with Gasteiger partial charge in [0.15, 0.2) is 0 Å². The van der Waals surface area contributed by atoms with Crippen LogP contribution in [0.5, 0.6) is 0 Å². The highest BCUT2D eigenvalue weighted by molar-refractivity contribution is 7.99. The second kappa shape index (κ2) is 6.38. The van der Waals surface area contributed by atoms with E-state index in [2.05, 4.69) is 5.32 Å². The zero-order chi connectivity index (χ0) is 11.3. The Morgan fingerprint density at radius 2 is 2.27 bits per heavy atom. The second-order valence-electron chi connectivity index (χ2n) is 4.33. The lowest BCUT2D eigenvalue weighted by Gasteiger charge is -2.28. The Balaban J connectivity index is 2.46. The highest BCUT2D eigenvalue weighted by Gasteiger charge is 2.26. The summed E-state index contributed by atoms with van der Waals surface area (Å²) >= 11 is 1.96. The van der Waals surface area contributed by atoms with Crippen LogP contribution >= 0.6 is 11.8 Å². The number of ether oxygens (including phenoxy) is 1. The van der Waals surface area contributed by atoms with Gasteiger partial charge in [-0.15, -0.1) is 0 Å². The molecule has 1 N–H and O–H groups in total. The normalized spacial score (nSPS) is 23.9. The minimum absolute atomic E-state index is 0.138. The first-order chi connectivity index (χ1) is 7.15. The maximum absolute atomic E-state index is 11.5. The summed E-state index contributed by atoms with van der Waals surface area (Å²) < 4.78 is 4.81. The molecule has 3 nitrogen and oxygen atoms in total. The van der Waals surface area contributed by atoms with Crippen molar-refractivity contribution in [2.45, 2.75) is 38.8 Å². The minimum Gasteiger partial charge on any atom is -0.468 e. The van der Waals surface area contributed by atoms with Crippen LogP contribution in [-0.2, 0) is 9.53 Å². The zero-order valence-corrected chi connectivity index (χ0v) is 10.6. The molecule has 0 amide bonds. The first-order valence-electron chi connectivity index (χ1n) is 5.56. The van der Waals surface area contributed by atoms with E-state index in [1.165, 1.54) is 25.7 Å². The Morgan fingerprint density at radius 1 is 1.53 bits per heavy atom. The SMILES string of the molecule is COC(=O)C(NC1CCCSC1)C(C)C. The number of carbonyl (C=O) groups excluding carboxylic acids is 1. The van der Waals surface area contributed by atoms with Crippen LogP contribution in [0.25, 0.3) is 0 Å². The molecular weight excluding hydrogens is 210 g/mol. The standard InChI is InChI=1S/C11H21NO2S/c1-8(2)10(11(13)14-3)12-9-5-4-6-15-7-9/h8-10,12H,4-7H2,1-3H3. The van der Waals surface area contributed by atoms with Crippen LogP contribution in [0.1, 0.15) is 26.7 Å². The molecular formula is C11H21NO2S. The summed E-state index contributed by atoms with van der Waals surface area (Å²) in [5, 5.41) is 3.41. The Morgan fingerprint density at radius 3 is 2.73 bits per heavy atom. The van der Waals surface area contributed by atoms with E-state index < -0.39 is 0 Å². The summed E-state index contributed by atoms with van der Waals surface area (Å²) in [6.07, 6.45) is 2.42. The van der Waals surface area contributed by atoms with Crippen molar-refractivity contribution in [3.63, 3.8) is 0 Å². The Hall–Kier alpha value is -0.220. The van der Waals surface area contributed by atoms with Crippen molar-refractivity contribution in [2.75, 3.05) is 18.6 Å². The van der Waals surface area contributed by atoms with Gasteiger partial charge in [0.25, 0.3) is 0 Å². The van der Waals surface area contributed by atoms with E-state index in [1.54, 1.807) is 0 Å². The van der Waals surface area contributed by atoms with Gasteiger partial charge in [-0.05, 0) is 24.5 Å². The van der Waals surface area contributed by atoms with Gasteiger partial charge < -0.3 is 10.1 Å². The number of hydrogen-bond acceptors (Lipinski definition) is 4. The Labute approximate surface area is 96.3 Å². The van der Waals surface area contributed by atoms with Crippen molar-refractivity contribution in [1.29, 1.82) is 0 Å². The second-order valence-corrected chi connectivity index (χ2v) is 5.48. The van der Waals surface area contributed by atoms with Crippen molar-refractivity contribution in [3.8, 4) is 0 Å². The number of carbonyl (C=O) groups is 1. The lowest BCUT2D eigenvalue weighted by atomic mass is 10.0. The summed E-state index contributed by atoms with van der Waals surface area (Å²) in [7, 11) is 1.45. The molecule has 1 rings (SSSR count). The molecule has 1 heterocycles. The average molecular weight is 231 g/mol. The minimum atomic E-state index is -0.154. The largest absolute Gasteiger partial charge is 0.468 e. The third-order valence-electron chi connectivity index (χ3n) is 2.70. The van der Waals surface area contributed by atoms with Crippen LogP contribution in [-0.4, -0.2) is 36.7 Å². The van der Waals surface area contributed by atoms with Gasteiger partial charge >= 0.3 is 5.97 Å². The summed E-state index contributed by atoms with van der Waals surface area (Å²) in [6, 6.07) is 0.314. The molecule has 1 saturated heterocycles. The number of esters is 1. The maximum atomic E-state index is 11.5. The molecule has 1 aliphatic heterocycles. The van der Waals surface area contributed by atoms with Gasteiger partial charge in [0.05, 0.1) is 7.11 Å². The van der Waals surface area contributed by atoms with Crippen LogP contribution in [0.15, 0.2) is 0 Å².